The van der Waals surface area contributed by atoms with E-state index in [9.17, 15) is 4.79 Å². The van der Waals surface area contributed by atoms with Gasteiger partial charge in [-0.05, 0) is 24.3 Å². The zero-order chi connectivity index (χ0) is 11.5. The zero-order valence-electron chi connectivity index (χ0n) is 7.21. The van der Waals surface area contributed by atoms with Crippen LogP contribution in [0.1, 0.15) is 10.4 Å². The molecule has 0 saturated carbocycles. The summed E-state index contributed by atoms with van der Waals surface area (Å²) in [5, 5.41) is 10.6. The Morgan fingerprint density at radius 1 is 1.33 bits per heavy atom. The van der Waals surface area contributed by atoms with Crippen molar-refractivity contribution in [1.82, 2.24) is 0 Å². The van der Waals surface area contributed by atoms with Crippen molar-refractivity contribution in [1.29, 1.82) is 5.26 Å². The molecule has 0 radical (unpaired) electrons. The number of nitriles is 1. The van der Waals surface area contributed by atoms with Crippen LogP contribution in [0.5, 0.6) is 0 Å². The number of hydrogen-bond donors (Lipinski definition) is 0. The van der Waals surface area contributed by atoms with E-state index in [4.69, 9.17) is 40.1 Å². The summed E-state index contributed by atoms with van der Waals surface area (Å²) < 4.78 is -1.78. The van der Waals surface area contributed by atoms with Crippen molar-refractivity contribution in [3.8, 4) is 5.40 Å². The van der Waals surface area contributed by atoms with Gasteiger partial charge in [-0.25, -0.2) is 0 Å². The summed E-state index contributed by atoms with van der Waals surface area (Å²) in [5.41, 5.74) is 0.312. The highest BCUT2D eigenvalue weighted by Crippen LogP contribution is 2.37. The molecule has 0 atom stereocenters. The Balaban J connectivity index is 2.95. The van der Waals surface area contributed by atoms with Crippen LogP contribution in [0.2, 0.25) is 5.02 Å². The molecule has 1 aromatic carbocycles. The smallest absolute Gasteiger partial charge is 0.238 e. The van der Waals surface area contributed by atoms with Crippen LogP contribution < -0.4 is 0 Å². The van der Waals surface area contributed by atoms with Gasteiger partial charge in [0.2, 0.25) is 9.45 Å². The molecule has 6 heteroatoms. The van der Waals surface area contributed by atoms with E-state index < -0.39 is 9.45 Å². The normalized spacial score (nSPS) is 10.8. The second kappa shape index (κ2) is 5.09. The van der Waals surface area contributed by atoms with Crippen LogP contribution >= 0.6 is 46.6 Å². The molecule has 0 aliphatic carbocycles. The second-order valence-corrected chi connectivity index (χ2v) is 5.76. The third-order valence-corrected chi connectivity index (χ3v) is 3.14. The van der Waals surface area contributed by atoms with Crippen LogP contribution in [0.15, 0.2) is 24.3 Å². The molecule has 15 heavy (non-hydrogen) atoms. The maximum Gasteiger partial charge on any atom is 0.238 e. The monoisotopic (exact) mass is 279 g/mol. The lowest BCUT2D eigenvalue weighted by Gasteiger charge is -2.12. The topological polar surface area (TPSA) is 40.9 Å². The number of rotatable bonds is 3. The number of ketones is 1. The first-order valence-corrected chi connectivity index (χ1v) is 5.67. The van der Waals surface area contributed by atoms with Crippen molar-refractivity contribution in [3.63, 3.8) is 0 Å². The highest BCUT2D eigenvalue weighted by atomic mass is 35.5. The van der Waals surface area contributed by atoms with E-state index >= 15 is 0 Å². The quantitative estimate of drug-likeness (QED) is 0.479. The average molecular weight is 281 g/mol. The SMILES string of the molecule is N#CSC(Cl)(Cl)C(=O)c1ccc(Cl)cc1. The second-order valence-electron chi connectivity index (χ2n) is 2.55. The van der Waals surface area contributed by atoms with E-state index in [0.29, 0.717) is 22.3 Å². The number of halogens is 3. The summed E-state index contributed by atoms with van der Waals surface area (Å²) in [6.07, 6.45) is 0. The van der Waals surface area contributed by atoms with Gasteiger partial charge in [-0.15, -0.1) is 0 Å². The lowest BCUT2D eigenvalue weighted by Crippen LogP contribution is -2.21. The van der Waals surface area contributed by atoms with Gasteiger partial charge in [0.1, 0.15) is 5.40 Å². The Morgan fingerprint density at radius 2 is 1.87 bits per heavy atom. The van der Waals surface area contributed by atoms with E-state index in [1.54, 1.807) is 17.5 Å². The lowest BCUT2D eigenvalue weighted by atomic mass is 10.1. The van der Waals surface area contributed by atoms with Gasteiger partial charge in [-0.1, -0.05) is 34.8 Å². The lowest BCUT2D eigenvalue weighted by molar-refractivity contribution is 0.0998. The summed E-state index contributed by atoms with van der Waals surface area (Å²) >= 11 is 17.5. The molecular formula is C9H4Cl3NOS. The Bertz CT molecular complexity index is 410. The standard InChI is InChI=1S/C9H4Cl3NOS/c10-7-3-1-6(2-4-7)8(14)9(11,12)15-5-13/h1-4H. The summed E-state index contributed by atoms with van der Waals surface area (Å²) in [5.74, 6) is -0.533. The van der Waals surface area contributed by atoms with E-state index in [1.807, 2.05) is 0 Å². The Labute approximate surface area is 106 Å². The Hall–Kier alpha value is -0.400. The minimum Gasteiger partial charge on any atom is -0.290 e. The molecular weight excluding hydrogens is 277 g/mol. The predicted octanol–water partition coefficient (Wildman–Crippen LogP) is 3.87. The first-order chi connectivity index (χ1) is 6.97. The Kier molecular flexibility index (Phi) is 4.30. The molecule has 0 N–H and O–H groups in total. The highest BCUT2D eigenvalue weighted by Gasteiger charge is 2.35. The van der Waals surface area contributed by atoms with E-state index in [2.05, 4.69) is 0 Å². The molecule has 1 rings (SSSR count). The van der Waals surface area contributed by atoms with Crippen LogP contribution in [0, 0.1) is 10.7 Å². The molecule has 1 aromatic rings. The van der Waals surface area contributed by atoms with Gasteiger partial charge < -0.3 is 0 Å². The first-order valence-electron chi connectivity index (χ1n) is 3.72. The summed E-state index contributed by atoms with van der Waals surface area (Å²) in [6.45, 7) is 0. The summed E-state index contributed by atoms with van der Waals surface area (Å²) in [6, 6.07) is 6.11. The molecule has 0 amide bonds. The molecule has 0 aromatic heterocycles. The van der Waals surface area contributed by atoms with Crippen molar-refractivity contribution in [3.05, 3.63) is 34.9 Å². The van der Waals surface area contributed by atoms with Crippen LogP contribution in [-0.2, 0) is 0 Å². The van der Waals surface area contributed by atoms with Gasteiger partial charge in [-0.3, -0.25) is 4.79 Å². The fourth-order valence-electron chi connectivity index (χ4n) is 0.873. The fourth-order valence-corrected chi connectivity index (χ4v) is 1.75. The summed E-state index contributed by atoms with van der Waals surface area (Å²) in [4.78, 5) is 11.7. The molecule has 0 aliphatic heterocycles. The number of hydrogen-bond acceptors (Lipinski definition) is 3. The third kappa shape index (κ3) is 3.29. The molecule has 0 aliphatic rings. The number of carbonyl (C=O) groups is 1. The molecule has 0 spiro atoms. The van der Waals surface area contributed by atoms with E-state index in [-0.39, 0.29) is 0 Å². The van der Waals surface area contributed by atoms with Crippen molar-refractivity contribution >= 4 is 52.3 Å². The molecule has 0 saturated heterocycles. The number of thioether (sulfide) groups is 1. The van der Waals surface area contributed by atoms with Crippen molar-refractivity contribution in [2.24, 2.45) is 0 Å². The van der Waals surface area contributed by atoms with Gasteiger partial charge >= 0.3 is 0 Å². The predicted molar refractivity (Wildman–Crippen MR) is 63.4 cm³/mol. The molecule has 78 valence electrons. The van der Waals surface area contributed by atoms with Crippen molar-refractivity contribution < 1.29 is 4.79 Å². The number of nitrogens with zero attached hydrogens (tertiary/aromatic N) is 1. The van der Waals surface area contributed by atoms with Crippen LogP contribution in [0.3, 0.4) is 0 Å². The molecule has 0 fully saturated rings. The molecule has 0 unspecified atom stereocenters. The molecule has 0 heterocycles. The molecule has 2 nitrogen and oxygen atoms in total. The van der Waals surface area contributed by atoms with Gasteiger partial charge in [0.25, 0.3) is 0 Å². The van der Waals surface area contributed by atoms with E-state index in [0.717, 1.165) is 0 Å². The zero-order valence-corrected chi connectivity index (χ0v) is 10.3. The van der Waals surface area contributed by atoms with Gasteiger partial charge in [0, 0.05) is 22.3 Å². The highest BCUT2D eigenvalue weighted by molar-refractivity contribution is 8.08. The number of carbonyl (C=O) groups excluding carboxylic acids is 1. The van der Waals surface area contributed by atoms with Gasteiger partial charge in [0.15, 0.2) is 0 Å². The number of thiocyanates is 1. The maximum absolute atomic E-state index is 11.7. The maximum atomic E-state index is 11.7. The van der Waals surface area contributed by atoms with Crippen molar-refractivity contribution in [2.75, 3.05) is 0 Å². The van der Waals surface area contributed by atoms with E-state index in [1.165, 1.54) is 12.1 Å². The van der Waals surface area contributed by atoms with Gasteiger partial charge in [-0.2, -0.15) is 5.26 Å². The number of Topliss-reactive ketones (excluding diaryl/α,β-unsaturated/α-hetero) is 1. The first kappa shape index (κ1) is 12.7. The van der Waals surface area contributed by atoms with Crippen LogP contribution in [0.25, 0.3) is 0 Å². The van der Waals surface area contributed by atoms with Crippen LogP contribution in [0.4, 0.5) is 0 Å². The summed E-state index contributed by atoms with van der Waals surface area (Å²) in [7, 11) is 0. The number of alkyl halides is 2. The number of benzene rings is 1. The van der Waals surface area contributed by atoms with Crippen LogP contribution in [-0.4, -0.2) is 9.45 Å². The van der Waals surface area contributed by atoms with Gasteiger partial charge in [0.05, 0.1) is 0 Å². The Morgan fingerprint density at radius 3 is 2.33 bits per heavy atom. The minimum atomic E-state index is -1.78. The molecule has 0 bridgehead atoms. The third-order valence-electron chi connectivity index (χ3n) is 1.54. The minimum absolute atomic E-state index is 0.312. The average Bonchev–Trinajstić information content (AvgIpc) is 2.18. The largest absolute Gasteiger partial charge is 0.290 e. The fraction of sp³-hybridized carbons (Fsp3) is 0.111. The van der Waals surface area contributed by atoms with Crippen molar-refractivity contribution in [2.45, 2.75) is 3.67 Å².